The van der Waals surface area contributed by atoms with Gasteiger partial charge in [0, 0.05) is 30.2 Å². The van der Waals surface area contributed by atoms with E-state index in [0.29, 0.717) is 24.4 Å². The number of benzene rings is 1. The minimum Gasteiger partial charge on any atom is -0.478 e. The van der Waals surface area contributed by atoms with E-state index in [0.717, 1.165) is 23.2 Å². The summed E-state index contributed by atoms with van der Waals surface area (Å²) in [6.45, 7) is 0. The van der Waals surface area contributed by atoms with Crippen molar-refractivity contribution in [1.29, 1.82) is 0 Å². The zero-order valence-corrected chi connectivity index (χ0v) is 15.5. The van der Waals surface area contributed by atoms with Crippen molar-refractivity contribution >= 4 is 17.8 Å². The van der Waals surface area contributed by atoms with Gasteiger partial charge in [0.1, 0.15) is 0 Å². The van der Waals surface area contributed by atoms with Crippen LogP contribution in [0.4, 0.5) is 5.95 Å². The molecule has 0 aliphatic heterocycles. The van der Waals surface area contributed by atoms with Crippen molar-refractivity contribution in [2.75, 3.05) is 5.32 Å². The van der Waals surface area contributed by atoms with Gasteiger partial charge < -0.3 is 16.2 Å². The summed E-state index contributed by atoms with van der Waals surface area (Å²) in [5.74, 6) is -1.42. The molecule has 0 saturated carbocycles. The summed E-state index contributed by atoms with van der Waals surface area (Å²) in [5.41, 5.74) is 8.80. The van der Waals surface area contributed by atoms with Crippen LogP contribution in [-0.2, 0) is 12.8 Å². The Morgan fingerprint density at radius 1 is 1.17 bits per heavy atom. The summed E-state index contributed by atoms with van der Waals surface area (Å²) in [6.07, 6.45) is 7.08. The minimum atomic E-state index is -1.16. The molecule has 0 spiro atoms. The van der Waals surface area contributed by atoms with Crippen molar-refractivity contribution in [2.24, 2.45) is 5.73 Å². The molecule has 0 radical (unpaired) electrons. The SMILES string of the molecule is NC(=O)c1c(C(=O)O)ccc2c1CC(Nc1nccc(-c3cccnc3)n1)CC2. The summed E-state index contributed by atoms with van der Waals surface area (Å²) in [6, 6.07) is 8.74. The third kappa shape index (κ3) is 3.77. The van der Waals surface area contributed by atoms with E-state index in [4.69, 9.17) is 5.73 Å². The molecule has 2 aromatic heterocycles. The second kappa shape index (κ2) is 7.67. The first-order valence-corrected chi connectivity index (χ1v) is 9.20. The van der Waals surface area contributed by atoms with Crippen LogP contribution in [0, 0.1) is 0 Å². The fourth-order valence-electron chi connectivity index (χ4n) is 3.71. The molecule has 4 rings (SSSR count). The van der Waals surface area contributed by atoms with Crippen LogP contribution >= 0.6 is 0 Å². The van der Waals surface area contributed by atoms with Crippen molar-refractivity contribution in [3.8, 4) is 11.3 Å². The number of primary amides is 1. The van der Waals surface area contributed by atoms with Crippen LogP contribution in [0.3, 0.4) is 0 Å². The number of aryl methyl sites for hydroxylation is 1. The van der Waals surface area contributed by atoms with Gasteiger partial charge in [0.15, 0.2) is 0 Å². The molecule has 0 bridgehead atoms. The number of nitrogens with two attached hydrogens (primary N) is 1. The van der Waals surface area contributed by atoms with Gasteiger partial charge in [0.25, 0.3) is 0 Å². The van der Waals surface area contributed by atoms with Crippen LogP contribution in [0.15, 0.2) is 48.9 Å². The van der Waals surface area contributed by atoms with Crippen LogP contribution in [0.25, 0.3) is 11.3 Å². The number of anilines is 1. The van der Waals surface area contributed by atoms with E-state index in [9.17, 15) is 14.7 Å². The van der Waals surface area contributed by atoms with Crippen LogP contribution in [-0.4, -0.2) is 38.0 Å². The summed E-state index contributed by atoms with van der Waals surface area (Å²) >= 11 is 0. The Balaban J connectivity index is 1.60. The first kappa shape index (κ1) is 18.5. The van der Waals surface area contributed by atoms with Crippen molar-refractivity contribution in [3.05, 3.63) is 71.2 Å². The van der Waals surface area contributed by atoms with Gasteiger partial charge in [-0.2, -0.15) is 0 Å². The van der Waals surface area contributed by atoms with Crippen molar-refractivity contribution in [1.82, 2.24) is 15.0 Å². The molecule has 146 valence electrons. The fourth-order valence-corrected chi connectivity index (χ4v) is 3.71. The lowest BCUT2D eigenvalue weighted by Gasteiger charge is -2.27. The lowest BCUT2D eigenvalue weighted by Crippen LogP contribution is -2.31. The first-order valence-electron chi connectivity index (χ1n) is 9.20. The number of nitrogens with zero attached hydrogens (tertiary/aromatic N) is 3. The Kier molecular flexibility index (Phi) is 4.90. The molecular weight excluding hydrogens is 370 g/mol. The molecule has 2 heterocycles. The quantitative estimate of drug-likeness (QED) is 0.610. The van der Waals surface area contributed by atoms with Gasteiger partial charge in [-0.1, -0.05) is 6.07 Å². The van der Waals surface area contributed by atoms with Gasteiger partial charge in [0.05, 0.1) is 16.8 Å². The summed E-state index contributed by atoms with van der Waals surface area (Å²) in [7, 11) is 0. The highest BCUT2D eigenvalue weighted by Gasteiger charge is 2.27. The van der Waals surface area contributed by atoms with Crippen LogP contribution in [0.1, 0.15) is 38.3 Å². The van der Waals surface area contributed by atoms with E-state index in [2.05, 4.69) is 20.3 Å². The number of carbonyl (C=O) groups is 2. The van der Waals surface area contributed by atoms with E-state index < -0.39 is 11.9 Å². The maximum Gasteiger partial charge on any atom is 0.336 e. The number of fused-ring (bicyclic) bond motifs is 1. The van der Waals surface area contributed by atoms with Gasteiger partial charge in [-0.05, 0) is 54.7 Å². The Bertz CT molecular complexity index is 1080. The standard InChI is InChI=1S/C21H19N5O3/c22-19(27)18-15(20(28)29)6-4-12-3-5-14(10-16(12)18)25-21-24-9-7-17(26-21)13-2-1-8-23-11-13/h1-2,4,6-9,11,14H,3,5,10H2,(H2,22,27)(H,28,29)(H,24,25,26). The van der Waals surface area contributed by atoms with Gasteiger partial charge in [0.2, 0.25) is 11.9 Å². The Hall–Kier alpha value is -3.81. The molecule has 1 aromatic carbocycles. The Labute approximate surface area is 166 Å². The van der Waals surface area contributed by atoms with E-state index in [1.807, 2.05) is 18.2 Å². The summed E-state index contributed by atoms with van der Waals surface area (Å²) in [4.78, 5) is 36.4. The van der Waals surface area contributed by atoms with Gasteiger partial charge in [-0.3, -0.25) is 9.78 Å². The molecule has 1 aliphatic rings. The molecule has 8 nitrogen and oxygen atoms in total. The van der Waals surface area contributed by atoms with Crippen molar-refractivity contribution in [3.63, 3.8) is 0 Å². The number of nitrogens with one attached hydrogen (secondary N) is 1. The number of aromatic carboxylic acids is 1. The highest BCUT2D eigenvalue weighted by Crippen LogP contribution is 2.28. The van der Waals surface area contributed by atoms with Gasteiger partial charge in [-0.25, -0.2) is 14.8 Å². The number of hydrogen-bond donors (Lipinski definition) is 3. The highest BCUT2D eigenvalue weighted by atomic mass is 16.4. The predicted molar refractivity (Wildman–Crippen MR) is 107 cm³/mol. The lowest BCUT2D eigenvalue weighted by molar-refractivity contribution is 0.0691. The third-order valence-corrected chi connectivity index (χ3v) is 5.05. The average Bonchev–Trinajstić information content (AvgIpc) is 2.73. The smallest absolute Gasteiger partial charge is 0.336 e. The highest BCUT2D eigenvalue weighted by molar-refractivity contribution is 6.05. The Morgan fingerprint density at radius 2 is 2.03 bits per heavy atom. The number of carbonyl (C=O) groups excluding carboxylic acids is 1. The maximum absolute atomic E-state index is 12.0. The van der Waals surface area contributed by atoms with Crippen LogP contribution in [0.2, 0.25) is 0 Å². The van der Waals surface area contributed by atoms with Gasteiger partial charge in [-0.15, -0.1) is 0 Å². The number of aromatic nitrogens is 3. The average molecular weight is 389 g/mol. The molecule has 0 saturated heterocycles. The van der Waals surface area contributed by atoms with E-state index >= 15 is 0 Å². The number of carboxylic acid groups (broad SMARTS) is 1. The second-order valence-corrected chi connectivity index (χ2v) is 6.89. The van der Waals surface area contributed by atoms with E-state index in [1.54, 1.807) is 24.7 Å². The summed E-state index contributed by atoms with van der Waals surface area (Å²) < 4.78 is 0. The van der Waals surface area contributed by atoms with E-state index in [1.165, 1.54) is 6.07 Å². The third-order valence-electron chi connectivity index (χ3n) is 5.05. The predicted octanol–water partition coefficient (Wildman–Crippen LogP) is 2.31. The molecule has 4 N–H and O–H groups in total. The van der Waals surface area contributed by atoms with E-state index in [-0.39, 0.29) is 17.2 Å². The number of carboxylic acids is 1. The van der Waals surface area contributed by atoms with Crippen molar-refractivity contribution < 1.29 is 14.7 Å². The number of rotatable bonds is 5. The fraction of sp³-hybridized carbons (Fsp3) is 0.190. The topological polar surface area (TPSA) is 131 Å². The van der Waals surface area contributed by atoms with Crippen LogP contribution < -0.4 is 11.1 Å². The molecule has 29 heavy (non-hydrogen) atoms. The Morgan fingerprint density at radius 3 is 2.76 bits per heavy atom. The molecule has 1 atom stereocenters. The summed E-state index contributed by atoms with van der Waals surface area (Å²) in [5, 5.41) is 12.7. The molecule has 8 heteroatoms. The second-order valence-electron chi connectivity index (χ2n) is 6.89. The number of amides is 1. The molecule has 1 aliphatic carbocycles. The zero-order chi connectivity index (χ0) is 20.4. The monoisotopic (exact) mass is 389 g/mol. The van der Waals surface area contributed by atoms with Crippen molar-refractivity contribution in [2.45, 2.75) is 25.3 Å². The van der Waals surface area contributed by atoms with Crippen LogP contribution in [0.5, 0.6) is 0 Å². The minimum absolute atomic E-state index is 0.0474. The molecule has 1 amide bonds. The largest absolute Gasteiger partial charge is 0.478 e. The number of hydrogen-bond acceptors (Lipinski definition) is 6. The lowest BCUT2D eigenvalue weighted by atomic mass is 9.83. The molecule has 3 aromatic rings. The zero-order valence-electron chi connectivity index (χ0n) is 15.5. The van der Waals surface area contributed by atoms with Gasteiger partial charge >= 0.3 is 5.97 Å². The molecule has 0 fully saturated rings. The first-order chi connectivity index (χ1) is 14.0. The normalized spacial score (nSPS) is 15.4. The maximum atomic E-state index is 12.0. The molecule has 1 unspecified atom stereocenters. The molecular formula is C21H19N5O3. The number of pyridine rings is 1.